The zero-order valence-corrected chi connectivity index (χ0v) is 34.4. The number of ether oxygens (including phenoxy) is 1. The van der Waals surface area contributed by atoms with Crippen LogP contribution in [0.3, 0.4) is 0 Å². The molecular formula is C45H55N5O6S. The number of nitrogens with one attached hydrogen (secondary N) is 1. The molecule has 2 aromatic carbocycles. The number of allylic oxidation sites excluding steroid dienone is 1. The molecule has 57 heavy (non-hydrogen) atoms. The van der Waals surface area contributed by atoms with Crippen molar-refractivity contribution in [3.8, 4) is 17.0 Å². The quantitative estimate of drug-likeness (QED) is 0.177. The van der Waals surface area contributed by atoms with E-state index in [1.165, 1.54) is 12.0 Å². The van der Waals surface area contributed by atoms with Crippen molar-refractivity contribution in [2.45, 2.75) is 146 Å². The Labute approximate surface area is 335 Å². The van der Waals surface area contributed by atoms with E-state index in [2.05, 4.69) is 44.3 Å². The first kappa shape index (κ1) is 38.1. The minimum Gasteiger partial charge on any atom is -0.497 e. The topological polar surface area (TPSA) is 136 Å². The average molecular weight is 794 g/mol. The first-order valence-corrected chi connectivity index (χ1v) is 22.6. The Kier molecular flexibility index (Phi) is 9.66. The molecule has 2 aliphatic carbocycles. The highest BCUT2D eigenvalue weighted by molar-refractivity contribution is 7.90. The van der Waals surface area contributed by atoms with E-state index in [0.717, 1.165) is 108 Å². The number of aliphatic hydroxyl groups is 1. The highest BCUT2D eigenvalue weighted by atomic mass is 32.2. The first-order valence-electron chi connectivity index (χ1n) is 21.0. The van der Waals surface area contributed by atoms with Gasteiger partial charge in [0.25, 0.3) is 5.91 Å². The predicted molar refractivity (Wildman–Crippen MR) is 221 cm³/mol. The van der Waals surface area contributed by atoms with Crippen molar-refractivity contribution in [1.82, 2.24) is 24.0 Å². The van der Waals surface area contributed by atoms with Gasteiger partial charge in [-0.15, -0.1) is 0 Å². The van der Waals surface area contributed by atoms with Gasteiger partial charge in [-0.25, -0.2) is 8.42 Å². The molecule has 0 spiro atoms. The number of sulfonamides is 1. The molecule has 0 radical (unpaired) electrons. The lowest BCUT2D eigenvalue weighted by atomic mass is 9.81. The average Bonchev–Trinajstić information content (AvgIpc) is 3.76. The molecule has 12 heteroatoms. The summed E-state index contributed by atoms with van der Waals surface area (Å²) < 4.78 is 37.8. The van der Waals surface area contributed by atoms with Crippen molar-refractivity contribution in [2.75, 3.05) is 7.11 Å². The minimum atomic E-state index is -3.77. The lowest BCUT2D eigenvalue weighted by molar-refractivity contribution is -0.118. The maximum Gasteiger partial charge on any atom is 0.258 e. The van der Waals surface area contributed by atoms with Crippen LogP contribution in [0.5, 0.6) is 5.75 Å². The minimum absolute atomic E-state index is 0.0107. The van der Waals surface area contributed by atoms with Gasteiger partial charge in [0, 0.05) is 28.6 Å². The predicted octanol–water partition coefficient (Wildman–Crippen LogP) is 7.76. The standard InChI is InChI=1S/C45H55N5O6S/c1-27(2)57(54,55)47-40(51)20-28-13-17-37-39(19-28)48-26-31(21-30-22-35(56-4)16-18-36(30)43(48)41(37)29-9-6-5-7-10-29)42-38(25-46-50(42)32-11-8-12-32)44(52)49-33-14-15-34(49)24-45(3,53)23-33/h13,16-19,21-22,25,27,29,32-34,53H,5-12,14-15,20,23-24,26H2,1-4H3,(H,47,51). The Hall–Kier alpha value is -4.42. The van der Waals surface area contributed by atoms with Crippen LogP contribution in [0.2, 0.25) is 0 Å². The molecule has 5 aliphatic rings. The smallest absolute Gasteiger partial charge is 0.258 e. The van der Waals surface area contributed by atoms with Crippen molar-refractivity contribution < 1.29 is 27.9 Å². The molecule has 4 fully saturated rings. The van der Waals surface area contributed by atoms with Gasteiger partial charge in [-0.05, 0) is 137 Å². The van der Waals surface area contributed by atoms with Crippen molar-refractivity contribution in [2.24, 2.45) is 0 Å². The molecule has 2 saturated heterocycles. The molecule has 11 nitrogen and oxygen atoms in total. The Balaban J connectivity index is 1.22. The van der Waals surface area contributed by atoms with E-state index in [1.807, 2.05) is 24.0 Å². The summed E-state index contributed by atoms with van der Waals surface area (Å²) in [6.45, 7) is 5.47. The van der Waals surface area contributed by atoms with E-state index in [0.29, 0.717) is 30.9 Å². The summed E-state index contributed by atoms with van der Waals surface area (Å²) >= 11 is 0. The van der Waals surface area contributed by atoms with Crippen LogP contribution >= 0.6 is 0 Å². The summed E-state index contributed by atoms with van der Waals surface area (Å²) in [5.41, 5.74) is 7.91. The maximum absolute atomic E-state index is 14.9. The number of hydrogen-bond donors (Lipinski definition) is 2. The molecule has 4 aromatic rings. The van der Waals surface area contributed by atoms with E-state index >= 15 is 0 Å². The molecule has 9 rings (SSSR count). The zero-order valence-electron chi connectivity index (χ0n) is 33.6. The lowest BCUT2D eigenvalue weighted by Gasteiger charge is -2.42. The molecule has 5 heterocycles. The summed E-state index contributed by atoms with van der Waals surface area (Å²) in [4.78, 5) is 30.1. The zero-order chi connectivity index (χ0) is 39.8. The van der Waals surface area contributed by atoms with Gasteiger partial charge in [-0.1, -0.05) is 31.4 Å². The fraction of sp³-hybridized carbons (Fsp3) is 0.533. The molecule has 3 aliphatic heterocycles. The fourth-order valence-corrected chi connectivity index (χ4v) is 11.1. The number of rotatable bonds is 9. The van der Waals surface area contributed by atoms with E-state index < -0.39 is 26.8 Å². The monoisotopic (exact) mass is 793 g/mol. The van der Waals surface area contributed by atoms with Gasteiger partial charge in [0.2, 0.25) is 15.9 Å². The maximum atomic E-state index is 14.9. The second kappa shape index (κ2) is 14.4. The van der Waals surface area contributed by atoms with Crippen LogP contribution in [0, 0.1) is 0 Å². The molecule has 2 aromatic heterocycles. The van der Waals surface area contributed by atoms with Crippen LogP contribution in [0.1, 0.15) is 143 Å². The number of benzene rings is 2. The number of aromatic nitrogens is 3. The molecule has 302 valence electrons. The van der Waals surface area contributed by atoms with Gasteiger partial charge in [0.1, 0.15) is 5.75 Å². The van der Waals surface area contributed by atoms with Crippen LogP contribution in [0.4, 0.5) is 0 Å². The highest BCUT2D eigenvalue weighted by Crippen LogP contribution is 2.49. The number of amides is 2. The normalized spacial score (nSPS) is 23.8. The van der Waals surface area contributed by atoms with Crippen molar-refractivity contribution in [3.05, 3.63) is 70.5 Å². The van der Waals surface area contributed by atoms with Gasteiger partial charge >= 0.3 is 0 Å². The van der Waals surface area contributed by atoms with Crippen LogP contribution < -0.4 is 9.46 Å². The third-order valence-corrected chi connectivity index (χ3v) is 15.3. The van der Waals surface area contributed by atoms with Crippen molar-refractivity contribution in [1.29, 1.82) is 0 Å². The molecule has 2 bridgehead atoms. The van der Waals surface area contributed by atoms with Gasteiger partial charge in [0.15, 0.2) is 0 Å². The van der Waals surface area contributed by atoms with Gasteiger partial charge in [0.05, 0.1) is 60.1 Å². The summed E-state index contributed by atoms with van der Waals surface area (Å²) in [5, 5.41) is 16.5. The summed E-state index contributed by atoms with van der Waals surface area (Å²) in [7, 11) is -2.09. The SMILES string of the molecule is COc1ccc2c(c1)C=C(c1c(C(=O)N3C4CCC3CC(C)(O)C4)cnn1C1CCC1)Cn1c-2c(C2CCCCC2)c2ccc(CC(=O)NS(=O)(=O)C(C)C)cc21. The van der Waals surface area contributed by atoms with E-state index in [-0.39, 0.29) is 30.5 Å². The highest BCUT2D eigenvalue weighted by Gasteiger charge is 2.48. The van der Waals surface area contributed by atoms with E-state index in [4.69, 9.17) is 9.84 Å². The third-order valence-electron chi connectivity index (χ3n) is 13.6. The second-order valence-corrected chi connectivity index (χ2v) is 20.1. The Bertz CT molecular complexity index is 2380. The summed E-state index contributed by atoms with van der Waals surface area (Å²) in [6.07, 6.45) is 15.7. The van der Waals surface area contributed by atoms with Crippen LogP contribution in [-0.4, -0.2) is 74.6 Å². The van der Waals surface area contributed by atoms with Crippen molar-refractivity contribution >= 4 is 44.4 Å². The number of nitrogens with zero attached hydrogens (tertiary/aromatic N) is 4. The molecule has 2 atom stereocenters. The number of piperidine rings is 1. The van der Waals surface area contributed by atoms with Gasteiger partial charge in [-0.3, -0.25) is 19.0 Å². The Morgan fingerprint density at radius 2 is 1.68 bits per heavy atom. The van der Waals surface area contributed by atoms with Crippen LogP contribution in [0.25, 0.3) is 33.8 Å². The molecule has 2 unspecified atom stereocenters. The largest absolute Gasteiger partial charge is 0.497 e. The first-order chi connectivity index (χ1) is 27.3. The lowest BCUT2D eigenvalue weighted by Crippen LogP contribution is -2.52. The summed E-state index contributed by atoms with van der Waals surface area (Å²) in [5.74, 6) is 0.527. The second-order valence-electron chi connectivity index (χ2n) is 17.9. The number of carbonyl (C=O) groups excluding carboxylic acids is 2. The molecule has 2 amide bonds. The van der Waals surface area contributed by atoms with Crippen molar-refractivity contribution in [3.63, 3.8) is 0 Å². The number of methoxy groups -OCH3 is 1. The summed E-state index contributed by atoms with van der Waals surface area (Å²) in [6, 6.07) is 12.6. The van der Waals surface area contributed by atoms with E-state index in [9.17, 15) is 23.1 Å². The van der Waals surface area contributed by atoms with Gasteiger partial charge < -0.3 is 19.3 Å². The number of fused-ring (bicyclic) bond motifs is 7. The van der Waals surface area contributed by atoms with Crippen LogP contribution in [0.15, 0.2) is 42.6 Å². The number of hydrogen-bond acceptors (Lipinski definition) is 7. The Morgan fingerprint density at radius 3 is 2.35 bits per heavy atom. The van der Waals surface area contributed by atoms with Crippen LogP contribution in [-0.2, 0) is 27.8 Å². The molecular weight excluding hydrogens is 739 g/mol. The third kappa shape index (κ3) is 6.80. The molecule has 2 N–H and O–H groups in total. The van der Waals surface area contributed by atoms with E-state index in [1.54, 1.807) is 27.2 Å². The van der Waals surface area contributed by atoms with Gasteiger partial charge in [-0.2, -0.15) is 5.10 Å². The fourth-order valence-electron chi connectivity index (χ4n) is 10.5. The Morgan fingerprint density at radius 1 is 0.947 bits per heavy atom. The molecule has 2 saturated carbocycles. The number of carbonyl (C=O) groups is 2.